The van der Waals surface area contributed by atoms with Crippen LogP contribution in [-0.4, -0.2) is 124 Å². The molecule has 0 rings (SSSR count). The molecule has 4 atom stereocenters. The second kappa shape index (κ2) is 11.7. The van der Waals surface area contributed by atoms with E-state index < -0.39 is 73.7 Å². The number of aliphatic hydroxyl groups is 5. The summed E-state index contributed by atoms with van der Waals surface area (Å²) in [7, 11) is 0. The number of carboxylic acid groups (broad SMARTS) is 2. The summed E-state index contributed by atoms with van der Waals surface area (Å²) in [6, 6.07) is 0. The van der Waals surface area contributed by atoms with Crippen molar-refractivity contribution in [2.75, 3.05) is 13.2 Å². The molecule has 0 aliphatic heterocycles. The van der Waals surface area contributed by atoms with E-state index in [1.807, 2.05) is 0 Å². The van der Waals surface area contributed by atoms with Crippen molar-refractivity contribution in [2.24, 2.45) is 0 Å². The number of esters is 1. The van der Waals surface area contributed by atoms with Crippen LogP contribution in [0.15, 0.2) is 0 Å². The average Bonchev–Trinajstić information content (AvgIpc) is 2.49. The van der Waals surface area contributed by atoms with Crippen LogP contribution < -0.4 is 10.2 Å². The van der Waals surface area contributed by atoms with Gasteiger partial charge < -0.3 is 50.1 Å². The van der Waals surface area contributed by atoms with Gasteiger partial charge >= 0.3 is 43.7 Å². The first kappa shape index (κ1) is 26.4. The van der Waals surface area contributed by atoms with Gasteiger partial charge in [0.05, 0.1) is 19.0 Å². The Labute approximate surface area is 170 Å². The Hall–Kier alpha value is -0.860. The van der Waals surface area contributed by atoms with Gasteiger partial charge in [0.15, 0.2) is 6.61 Å². The molecule has 5 N–H and O–H groups in total. The molecule has 0 bridgehead atoms. The number of aliphatic hydroxyl groups excluding tert-OH is 4. The van der Waals surface area contributed by atoms with E-state index >= 15 is 0 Å². The van der Waals surface area contributed by atoms with Crippen molar-refractivity contribution in [3.05, 3.63) is 0 Å². The minimum absolute atomic E-state index is 0. The van der Waals surface area contributed by atoms with Crippen molar-refractivity contribution in [2.45, 2.75) is 36.8 Å². The smallest absolute Gasteiger partial charge is 0.550 e. The number of aliphatic carboxylic acids is 2. The predicted octanol–water partition coefficient (Wildman–Crippen LogP) is -7.20. The SMILES string of the molecule is O=C([O-])CC(O)(CC(=O)OCC(=O)[C@@H](O)[C@H](O)[C@H](O)CO)C(=O)[O-].[Ca+2]. The van der Waals surface area contributed by atoms with Gasteiger partial charge in [-0.3, -0.25) is 9.59 Å². The summed E-state index contributed by atoms with van der Waals surface area (Å²) in [5.74, 6) is -7.08. The van der Waals surface area contributed by atoms with E-state index in [2.05, 4.69) is 4.74 Å². The third kappa shape index (κ3) is 8.87. The Morgan fingerprint density at radius 3 is 1.96 bits per heavy atom. The van der Waals surface area contributed by atoms with Crippen LogP contribution in [0, 0.1) is 0 Å². The van der Waals surface area contributed by atoms with Crippen molar-refractivity contribution >= 4 is 61.4 Å². The number of Topliss-reactive ketones (excluding diaryl/α,β-unsaturated/α-hetero) is 1. The van der Waals surface area contributed by atoms with E-state index in [1.165, 1.54) is 0 Å². The van der Waals surface area contributed by atoms with Gasteiger partial charge in [-0.25, -0.2) is 0 Å². The van der Waals surface area contributed by atoms with Crippen molar-refractivity contribution in [1.29, 1.82) is 0 Å². The number of carbonyl (C=O) groups excluding carboxylic acids is 4. The van der Waals surface area contributed by atoms with Gasteiger partial charge in [0.2, 0.25) is 5.78 Å². The van der Waals surface area contributed by atoms with Crippen molar-refractivity contribution in [1.82, 2.24) is 0 Å². The van der Waals surface area contributed by atoms with Crippen LogP contribution in [0.25, 0.3) is 0 Å². The Bertz CT molecular complexity index is 494. The summed E-state index contributed by atoms with van der Waals surface area (Å²) in [6.45, 7) is -2.14. The molecular formula is C12H16CaO12. The van der Waals surface area contributed by atoms with E-state index in [4.69, 9.17) is 10.2 Å². The van der Waals surface area contributed by atoms with Crippen LogP contribution in [0.1, 0.15) is 12.8 Å². The Morgan fingerprint density at radius 2 is 1.56 bits per heavy atom. The van der Waals surface area contributed by atoms with Gasteiger partial charge in [-0.05, 0) is 0 Å². The molecule has 0 fully saturated rings. The molecule has 0 heterocycles. The molecule has 0 spiro atoms. The largest absolute Gasteiger partial charge is 2.00 e. The number of rotatable bonds is 11. The van der Waals surface area contributed by atoms with E-state index in [1.54, 1.807) is 0 Å². The zero-order valence-electron chi connectivity index (χ0n) is 12.9. The van der Waals surface area contributed by atoms with Gasteiger partial charge in [-0.1, -0.05) is 0 Å². The van der Waals surface area contributed by atoms with E-state index in [0.29, 0.717) is 0 Å². The number of carbonyl (C=O) groups is 4. The maximum Gasteiger partial charge on any atom is 2.00 e. The van der Waals surface area contributed by atoms with E-state index in [9.17, 15) is 44.7 Å². The third-order valence-corrected chi connectivity index (χ3v) is 2.86. The number of hydrogen-bond donors (Lipinski definition) is 5. The molecule has 0 aliphatic rings. The Morgan fingerprint density at radius 1 is 1.04 bits per heavy atom. The first-order chi connectivity index (χ1) is 10.9. The molecule has 0 saturated carbocycles. The second-order valence-corrected chi connectivity index (χ2v) is 4.86. The minimum atomic E-state index is -3.12. The molecule has 0 amide bonds. The standard InChI is InChI=1S/C12H18O12.Ca/c13-3-5(14)9(19)10(20)6(15)4-24-8(18)2-12(23,11(21)22)1-7(16)17;/h5,9-10,13-14,19-20,23H,1-4H2,(H,16,17)(H,21,22);/q;+2/p-2/t5-,9-,10-,12?;/m1./s1. The van der Waals surface area contributed by atoms with Crippen LogP contribution in [-0.2, 0) is 23.9 Å². The summed E-state index contributed by atoms with van der Waals surface area (Å²) in [6.07, 6.45) is -8.98. The summed E-state index contributed by atoms with van der Waals surface area (Å²) < 4.78 is 4.25. The van der Waals surface area contributed by atoms with E-state index in [0.717, 1.165) is 0 Å². The molecule has 0 saturated heterocycles. The minimum Gasteiger partial charge on any atom is -0.550 e. The molecule has 0 aliphatic carbocycles. The molecule has 0 aromatic carbocycles. The van der Waals surface area contributed by atoms with Gasteiger partial charge in [-0.2, -0.15) is 0 Å². The monoisotopic (exact) mass is 392 g/mol. The van der Waals surface area contributed by atoms with Crippen molar-refractivity contribution in [3.8, 4) is 0 Å². The third-order valence-electron chi connectivity index (χ3n) is 2.86. The van der Waals surface area contributed by atoms with Crippen molar-refractivity contribution < 1.29 is 59.7 Å². The topological polar surface area (TPSA) is 225 Å². The van der Waals surface area contributed by atoms with Crippen LogP contribution in [0.4, 0.5) is 0 Å². The van der Waals surface area contributed by atoms with Crippen LogP contribution >= 0.6 is 0 Å². The summed E-state index contributed by atoms with van der Waals surface area (Å²) >= 11 is 0. The Kier molecular flexibility index (Phi) is 12.3. The molecular weight excluding hydrogens is 376 g/mol. The molecule has 13 heteroatoms. The van der Waals surface area contributed by atoms with Crippen molar-refractivity contribution in [3.63, 3.8) is 0 Å². The number of ketones is 1. The molecule has 0 aromatic rings. The first-order valence-corrected chi connectivity index (χ1v) is 6.41. The van der Waals surface area contributed by atoms with Gasteiger partial charge in [0, 0.05) is 12.4 Å². The predicted molar refractivity (Wildman–Crippen MR) is 71.0 cm³/mol. The van der Waals surface area contributed by atoms with Gasteiger partial charge in [-0.15, -0.1) is 0 Å². The molecule has 0 radical (unpaired) electrons. The maximum absolute atomic E-state index is 11.4. The zero-order valence-corrected chi connectivity index (χ0v) is 15.1. The van der Waals surface area contributed by atoms with Gasteiger partial charge in [0.25, 0.3) is 0 Å². The summed E-state index contributed by atoms with van der Waals surface area (Å²) in [5, 5.41) is 66.7. The fraction of sp³-hybridized carbons (Fsp3) is 0.667. The molecule has 138 valence electrons. The number of hydrogen-bond acceptors (Lipinski definition) is 12. The fourth-order valence-electron chi connectivity index (χ4n) is 1.48. The summed E-state index contributed by atoms with van der Waals surface area (Å²) in [5.41, 5.74) is -3.12. The first-order valence-electron chi connectivity index (χ1n) is 6.41. The molecule has 25 heavy (non-hydrogen) atoms. The molecule has 0 aromatic heterocycles. The zero-order chi connectivity index (χ0) is 19.1. The normalized spacial score (nSPS) is 16.5. The molecule has 1 unspecified atom stereocenters. The summed E-state index contributed by atoms with van der Waals surface area (Å²) in [4.78, 5) is 43.8. The van der Waals surface area contributed by atoms with Gasteiger partial charge in [0.1, 0.15) is 23.9 Å². The number of carboxylic acids is 2. The fourth-order valence-corrected chi connectivity index (χ4v) is 1.48. The van der Waals surface area contributed by atoms with E-state index in [-0.39, 0.29) is 37.7 Å². The van der Waals surface area contributed by atoms with Crippen LogP contribution in [0.3, 0.4) is 0 Å². The maximum atomic E-state index is 11.4. The average molecular weight is 392 g/mol. The van der Waals surface area contributed by atoms with Crippen LogP contribution in [0.5, 0.6) is 0 Å². The quantitative estimate of drug-likeness (QED) is 0.163. The second-order valence-electron chi connectivity index (χ2n) is 4.86. The number of ether oxygens (including phenoxy) is 1. The Balaban J connectivity index is 0. The van der Waals surface area contributed by atoms with Crippen LogP contribution in [0.2, 0.25) is 0 Å². The molecule has 12 nitrogen and oxygen atoms in total.